The molecule has 0 saturated carbocycles. The minimum atomic E-state index is -0.729. The fourth-order valence-corrected chi connectivity index (χ4v) is 4.03. The Labute approximate surface area is 176 Å². The minimum Gasteiger partial charge on any atom is -0.462 e. The Morgan fingerprint density at radius 1 is 1.33 bits per heavy atom. The van der Waals surface area contributed by atoms with Crippen LogP contribution in [0.15, 0.2) is 28.5 Å². The molecule has 0 radical (unpaired) electrons. The Bertz CT molecular complexity index is 1180. The highest BCUT2D eigenvalue weighted by atomic mass is 32.1. The third-order valence-electron chi connectivity index (χ3n) is 4.59. The van der Waals surface area contributed by atoms with Crippen molar-refractivity contribution in [1.82, 2.24) is 14.9 Å². The van der Waals surface area contributed by atoms with E-state index in [2.05, 4.69) is 10.3 Å². The molecule has 0 saturated heterocycles. The Morgan fingerprint density at radius 3 is 2.70 bits per heavy atom. The van der Waals surface area contributed by atoms with Gasteiger partial charge in [-0.25, -0.2) is 14.2 Å². The summed E-state index contributed by atoms with van der Waals surface area (Å²) in [7, 11) is 0. The van der Waals surface area contributed by atoms with Crippen LogP contribution >= 0.6 is 11.3 Å². The molecule has 3 aromatic rings. The third kappa shape index (κ3) is 4.11. The second-order valence-corrected chi connectivity index (χ2v) is 7.61. The molecule has 158 valence electrons. The molecule has 0 aliphatic rings. The number of nitrogens with one attached hydrogen (secondary N) is 1. The van der Waals surface area contributed by atoms with Crippen LogP contribution in [0.25, 0.3) is 22.2 Å². The van der Waals surface area contributed by atoms with Gasteiger partial charge in [-0.2, -0.15) is 0 Å². The molecule has 1 atom stereocenters. The average Bonchev–Trinajstić information content (AvgIpc) is 3.18. The molecule has 0 fully saturated rings. The molecule has 1 unspecified atom stereocenters. The molecule has 2 heterocycles. The van der Waals surface area contributed by atoms with Gasteiger partial charge in [0.25, 0.3) is 0 Å². The third-order valence-corrected chi connectivity index (χ3v) is 5.62. The van der Waals surface area contributed by atoms with Gasteiger partial charge in [0.2, 0.25) is 11.3 Å². The predicted molar refractivity (Wildman–Crippen MR) is 113 cm³/mol. The maximum absolute atomic E-state index is 15.0. The van der Waals surface area contributed by atoms with Crippen LogP contribution in [0.5, 0.6) is 0 Å². The highest BCUT2D eigenvalue weighted by molar-refractivity contribution is 7.10. The number of ether oxygens (including phenoxy) is 1. The number of pyridine rings is 1. The fourth-order valence-electron chi connectivity index (χ4n) is 3.20. The number of halogens is 1. The van der Waals surface area contributed by atoms with E-state index in [0.717, 1.165) is 6.07 Å². The van der Waals surface area contributed by atoms with Gasteiger partial charge < -0.3 is 14.6 Å². The van der Waals surface area contributed by atoms with Crippen LogP contribution in [0.1, 0.15) is 49.1 Å². The van der Waals surface area contributed by atoms with Gasteiger partial charge in [0.15, 0.2) is 0 Å². The second kappa shape index (κ2) is 8.74. The lowest BCUT2D eigenvalue weighted by Gasteiger charge is -2.13. The van der Waals surface area contributed by atoms with Crippen LogP contribution in [-0.2, 0) is 16.1 Å². The Morgan fingerprint density at radius 2 is 2.07 bits per heavy atom. The number of rotatable bonds is 6. The zero-order valence-corrected chi connectivity index (χ0v) is 17.9. The van der Waals surface area contributed by atoms with Crippen LogP contribution in [0.2, 0.25) is 0 Å². The molecule has 3 rings (SSSR count). The van der Waals surface area contributed by atoms with Crippen molar-refractivity contribution >= 4 is 34.1 Å². The molecule has 0 aliphatic carbocycles. The smallest absolute Gasteiger partial charge is 0.343 e. The molecular formula is C21H22FN3O4S. The summed E-state index contributed by atoms with van der Waals surface area (Å²) >= 11 is 1.31. The van der Waals surface area contributed by atoms with Crippen LogP contribution in [-0.4, -0.2) is 28.0 Å². The van der Waals surface area contributed by atoms with Gasteiger partial charge in [0, 0.05) is 36.0 Å². The minimum absolute atomic E-state index is 0.103. The number of fused-ring (bicyclic) bond motifs is 1. The largest absolute Gasteiger partial charge is 0.462 e. The van der Waals surface area contributed by atoms with Crippen LogP contribution in [0.4, 0.5) is 4.39 Å². The van der Waals surface area contributed by atoms with Gasteiger partial charge in [-0.15, -0.1) is 11.3 Å². The van der Waals surface area contributed by atoms with Gasteiger partial charge in [-0.05, 0) is 32.9 Å². The summed E-state index contributed by atoms with van der Waals surface area (Å²) in [6.45, 7) is 7.33. The van der Waals surface area contributed by atoms with E-state index >= 15 is 0 Å². The normalized spacial score (nSPS) is 12.0. The molecule has 1 aromatic carbocycles. The molecule has 1 amide bonds. The first-order valence-corrected chi connectivity index (χ1v) is 10.4. The van der Waals surface area contributed by atoms with E-state index in [4.69, 9.17) is 4.74 Å². The highest BCUT2D eigenvalue weighted by Gasteiger charge is 2.20. The summed E-state index contributed by atoms with van der Waals surface area (Å²) in [4.78, 5) is 40.6. The van der Waals surface area contributed by atoms with Gasteiger partial charge in [-0.3, -0.25) is 9.59 Å². The summed E-state index contributed by atoms with van der Waals surface area (Å²) in [5.74, 6) is -1.53. The zero-order chi connectivity index (χ0) is 22.0. The Balaban J connectivity index is 2.13. The Kier molecular flexibility index (Phi) is 6.31. The highest BCUT2D eigenvalue weighted by Crippen LogP contribution is 2.30. The van der Waals surface area contributed by atoms with Crippen molar-refractivity contribution in [2.45, 2.75) is 40.3 Å². The summed E-state index contributed by atoms with van der Waals surface area (Å²) in [6, 6.07) is 2.40. The summed E-state index contributed by atoms with van der Waals surface area (Å²) in [5, 5.41) is 5.20. The second-order valence-electron chi connectivity index (χ2n) is 6.72. The van der Waals surface area contributed by atoms with E-state index in [1.54, 1.807) is 29.9 Å². The van der Waals surface area contributed by atoms with E-state index in [9.17, 15) is 18.8 Å². The fraction of sp³-hybridized carbons (Fsp3) is 0.333. The van der Waals surface area contributed by atoms with E-state index in [0.29, 0.717) is 22.8 Å². The first-order chi connectivity index (χ1) is 14.3. The van der Waals surface area contributed by atoms with E-state index < -0.39 is 17.2 Å². The molecule has 7 nitrogen and oxygen atoms in total. The van der Waals surface area contributed by atoms with Crippen molar-refractivity contribution < 1.29 is 18.7 Å². The zero-order valence-electron chi connectivity index (χ0n) is 17.1. The molecule has 1 N–H and O–H groups in total. The van der Waals surface area contributed by atoms with Gasteiger partial charge in [-0.1, -0.05) is 0 Å². The van der Waals surface area contributed by atoms with Crippen molar-refractivity contribution in [3.63, 3.8) is 0 Å². The molecule has 30 heavy (non-hydrogen) atoms. The molecule has 0 aliphatic heterocycles. The maximum Gasteiger partial charge on any atom is 0.343 e. The predicted octanol–water partition coefficient (Wildman–Crippen LogP) is 3.66. The van der Waals surface area contributed by atoms with Gasteiger partial charge >= 0.3 is 5.97 Å². The number of benzene rings is 1. The van der Waals surface area contributed by atoms with E-state index in [1.165, 1.54) is 24.5 Å². The van der Waals surface area contributed by atoms with Crippen molar-refractivity contribution in [3.05, 3.63) is 50.3 Å². The van der Waals surface area contributed by atoms with E-state index in [1.807, 2.05) is 6.92 Å². The van der Waals surface area contributed by atoms with Crippen molar-refractivity contribution in [2.24, 2.45) is 0 Å². The number of aryl methyl sites for hydroxylation is 1. The number of aromatic nitrogens is 2. The number of esters is 1. The number of carbonyl (C=O) groups excluding carboxylic acids is 2. The van der Waals surface area contributed by atoms with Crippen molar-refractivity contribution in [2.75, 3.05) is 6.61 Å². The van der Waals surface area contributed by atoms with Crippen LogP contribution in [0.3, 0.4) is 0 Å². The number of hydrogen-bond donors (Lipinski definition) is 1. The van der Waals surface area contributed by atoms with Crippen LogP contribution in [0, 0.1) is 5.82 Å². The Hall–Kier alpha value is -3.07. The molecule has 0 bridgehead atoms. The number of amides is 1. The summed E-state index contributed by atoms with van der Waals surface area (Å²) < 4.78 is 21.6. The summed E-state index contributed by atoms with van der Waals surface area (Å²) in [6.07, 6.45) is 1.44. The molecule has 0 spiro atoms. The quantitative estimate of drug-likeness (QED) is 0.602. The van der Waals surface area contributed by atoms with Crippen molar-refractivity contribution in [1.29, 1.82) is 0 Å². The number of hydrogen-bond acceptors (Lipinski definition) is 6. The topological polar surface area (TPSA) is 90.3 Å². The lowest BCUT2D eigenvalue weighted by atomic mass is 10.1. The molecule has 9 heteroatoms. The van der Waals surface area contributed by atoms with Crippen molar-refractivity contribution in [3.8, 4) is 11.3 Å². The van der Waals surface area contributed by atoms with Crippen LogP contribution < -0.4 is 10.7 Å². The number of carbonyl (C=O) groups is 2. The van der Waals surface area contributed by atoms with Gasteiger partial charge in [0.05, 0.1) is 23.9 Å². The van der Waals surface area contributed by atoms with E-state index in [-0.39, 0.29) is 35.1 Å². The molecule has 2 aromatic heterocycles. The first kappa shape index (κ1) is 21.6. The van der Waals surface area contributed by atoms with Gasteiger partial charge in [0.1, 0.15) is 16.4 Å². The SMILES string of the molecule is CCOC(=O)c1cn(CC)c2cc(-c3csc(C(C)NC(C)=O)n3)c(F)cc2c1=O. The lowest BCUT2D eigenvalue weighted by molar-refractivity contribution is -0.119. The number of nitrogens with zero attached hydrogens (tertiary/aromatic N) is 2. The number of thiazole rings is 1. The monoisotopic (exact) mass is 431 g/mol. The maximum atomic E-state index is 15.0. The molecular weight excluding hydrogens is 409 g/mol. The lowest BCUT2D eigenvalue weighted by Crippen LogP contribution is -2.23. The first-order valence-electron chi connectivity index (χ1n) is 9.53. The summed E-state index contributed by atoms with van der Waals surface area (Å²) in [5.41, 5.74) is 0.452. The standard InChI is InChI=1S/C21H22FN3O4S/c1-5-25-9-15(21(28)29-6-2)19(27)14-7-16(22)13(8-18(14)25)17-10-30-20(24-17)11(3)23-12(4)26/h7-11H,5-6H2,1-4H3,(H,23,26). The average molecular weight is 431 g/mol.